The number of nitrogens with zero attached hydrogens (tertiary/aromatic N) is 2. The molecule has 0 unspecified atom stereocenters. The minimum atomic E-state index is -4.45. The predicted molar refractivity (Wildman–Crippen MR) is 59.3 cm³/mol. The van der Waals surface area contributed by atoms with Gasteiger partial charge in [-0.25, -0.2) is 0 Å². The first-order valence-electron chi connectivity index (χ1n) is 5.27. The lowest BCUT2D eigenvalue weighted by atomic mass is 10.2. The number of aryl methyl sites for hydroxylation is 1. The molecule has 0 atom stereocenters. The molecule has 0 aliphatic rings. The van der Waals surface area contributed by atoms with Gasteiger partial charge in [0.1, 0.15) is 6.54 Å². The van der Waals surface area contributed by atoms with Crippen molar-refractivity contribution in [2.45, 2.75) is 13.1 Å². The Morgan fingerprint density at radius 1 is 1.44 bits per heavy atom. The number of hydrogen-bond donors (Lipinski definition) is 0. The number of carbonyl (C=O) groups is 1. The first-order valence-corrected chi connectivity index (χ1v) is 5.27. The zero-order valence-electron chi connectivity index (χ0n) is 9.99. The summed E-state index contributed by atoms with van der Waals surface area (Å²) in [6.45, 7) is 0.0514. The topological polar surface area (TPSA) is 42.3 Å². The Morgan fingerprint density at radius 3 is 2.50 bits per heavy atom. The van der Waals surface area contributed by atoms with E-state index in [1.54, 1.807) is 0 Å². The van der Waals surface area contributed by atoms with Gasteiger partial charge in [0.2, 0.25) is 0 Å². The number of hydrogen-bond acceptors (Lipinski definition) is 2. The lowest BCUT2D eigenvalue weighted by molar-refractivity contribution is -0.140. The Hall–Kier alpha value is -1.79. The average Bonchev–Trinajstić information content (AvgIpc) is 2.27. The number of alkyl halides is 3. The van der Waals surface area contributed by atoms with Crippen LogP contribution < -0.4 is 5.56 Å². The van der Waals surface area contributed by atoms with E-state index in [0.29, 0.717) is 4.90 Å². The molecule has 7 heteroatoms. The molecule has 0 radical (unpaired) electrons. The van der Waals surface area contributed by atoms with Crippen molar-refractivity contribution in [2.24, 2.45) is 7.05 Å². The van der Waals surface area contributed by atoms with Crippen molar-refractivity contribution < 1.29 is 18.0 Å². The van der Waals surface area contributed by atoms with Crippen LogP contribution in [0, 0.1) is 0 Å². The summed E-state index contributed by atoms with van der Waals surface area (Å²) in [5.74, 6) is -0.799. The van der Waals surface area contributed by atoms with Gasteiger partial charge in [0.05, 0.1) is 0 Å². The summed E-state index contributed by atoms with van der Waals surface area (Å²) in [6, 6.07) is 2.35. The third-order valence-electron chi connectivity index (χ3n) is 2.39. The molecular weight excluding hydrogens is 249 g/mol. The van der Waals surface area contributed by atoms with Crippen LogP contribution in [0.25, 0.3) is 0 Å². The fourth-order valence-corrected chi connectivity index (χ4v) is 1.41. The van der Waals surface area contributed by atoms with Crippen LogP contribution in [0.15, 0.2) is 23.1 Å². The lowest BCUT2D eigenvalue weighted by Crippen LogP contribution is -2.39. The maximum Gasteiger partial charge on any atom is 0.406 e. The van der Waals surface area contributed by atoms with E-state index in [1.807, 2.05) is 0 Å². The number of pyridine rings is 1. The summed E-state index contributed by atoms with van der Waals surface area (Å²) in [5.41, 5.74) is -0.479. The second-order valence-electron chi connectivity index (χ2n) is 3.80. The second-order valence-corrected chi connectivity index (χ2v) is 3.80. The molecule has 0 saturated heterocycles. The number of carbonyl (C=O) groups excluding carboxylic acids is 1. The van der Waals surface area contributed by atoms with Gasteiger partial charge in [-0.3, -0.25) is 9.59 Å². The number of amides is 1. The molecule has 0 N–H and O–H groups in total. The van der Waals surface area contributed by atoms with Crippen LogP contribution in [0.1, 0.15) is 17.3 Å². The smallest absolute Gasteiger partial charge is 0.330 e. The van der Waals surface area contributed by atoms with E-state index in [2.05, 4.69) is 0 Å². The molecule has 0 aliphatic heterocycles. The highest BCUT2D eigenvalue weighted by Gasteiger charge is 2.32. The van der Waals surface area contributed by atoms with Gasteiger partial charge in [-0.1, -0.05) is 0 Å². The standard InChI is InChI=1S/C11H13F3N2O2/c1-3-16(7-11(12,13)14)10(18)8-4-5-15(2)9(17)6-8/h4-6H,3,7H2,1-2H3. The Balaban J connectivity index is 2.97. The largest absolute Gasteiger partial charge is 0.406 e. The molecule has 100 valence electrons. The van der Waals surface area contributed by atoms with Crippen LogP contribution in [0.2, 0.25) is 0 Å². The molecule has 4 nitrogen and oxygen atoms in total. The summed E-state index contributed by atoms with van der Waals surface area (Å²) in [7, 11) is 1.49. The predicted octanol–water partition coefficient (Wildman–Crippen LogP) is 1.41. The maximum absolute atomic E-state index is 12.3. The Morgan fingerprint density at radius 2 is 2.06 bits per heavy atom. The van der Waals surface area contributed by atoms with Gasteiger partial charge in [-0.05, 0) is 13.0 Å². The van der Waals surface area contributed by atoms with E-state index in [4.69, 9.17) is 0 Å². The van der Waals surface area contributed by atoms with Gasteiger partial charge in [-0.15, -0.1) is 0 Å². The summed E-state index contributed by atoms with van der Waals surface area (Å²) in [4.78, 5) is 23.8. The lowest BCUT2D eigenvalue weighted by Gasteiger charge is -2.22. The normalized spacial score (nSPS) is 11.4. The molecule has 1 heterocycles. The van der Waals surface area contributed by atoms with Gasteiger partial charge in [0, 0.05) is 31.4 Å². The molecule has 0 bridgehead atoms. The van der Waals surface area contributed by atoms with Crippen molar-refractivity contribution in [3.05, 3.63) is 34.2 Å². The van der Waals surface area contributed by atoms with Crippen LogP contribution in [0.4, 0.5) is 13.2 Å². The summed E-state index contributed by atoms with van der Waals surface area (Å²) in [5, 5.41) is 0. The van der Waals surface area contributed by atoms with Crippen LogP contribution in [-0.2, 0) is 7.05 Å². The molecule has 0 aliphatic carbocycles. The SMILES string of the molecule is CCN(CC(F)(F)F)C(=O)c1ccn(C)c(=O)c1. The maximum atomic E-state index is 12.3. The van der Waals surface area contributed by atoms with Crippen molar-refractivity contribution in [1.29, 1.82) is 0 Å². The Labute approximate surface area is 102 Å². The van der Waals surface area contributed by atoms with Crippen molar-refractivity contribution in [3.63, 3.8) is 0 Å². The molecule has 0 spiro atoms. The van der Waals surface area contributed by atoms with Gasteiger partial charge in [0.25, 0.3) is 11.5 Å². The zero-order valence-corrected chi connectivity index (χ0v) is 9.99. The van der Waals surface area contributed by atoms with E-state index >= 15 is 0 Å². The van der Waals surface area contributed by atoms with Crippen LogP contribution in [-0.4, -0.2) is 34.6 Å². The van der Waals surface area contributed by atoms with E-state index in [0.717, 1.165) is 6.07 Å². The first-order chi connectivity index (χ1) is 8.24. The van der Waals surface area contributed by atoms with Crippen LogP contribution >= 0.6 is 0 Å². The molecule has 1 aromatic rings. The number of halogens is 3. The van der Waals surface area contributed by atoms with Gasteiger partial charge in [-0.2, -0.15) is 13.2 Å². The second kappa shape index (κ2) is 5.24. The fraction of sp³-hybridized carbons (Fsp3) is 0.455. The number of aromatic nitrogens is 1. The van der Waals surface area contributed by atoms with Crippen molar-refractivity contribution in [3.8, 4) is 0 Å². The average molecular weight is 262 g/mol. The minimum Gasteiger partial charge on any atom is -0.330 e. The first kappa shape index (κ1) is 14.3. The Kier molecular flexibility index (Phi) is 4.15. The minimum absolute atomic E-state index is 0.0378. The van der Waals surface area contributed by atoms with Crippen LogP contribution in [0.5, 0.6) is 0 Å². The Bertz CT molecular complexity index is 494. The highest BCUT2D eigenvalue weighted by Crippen LogP contribution is 2.17. The summed E-state index contributed by atoms with van der Waals surface area (Å²) >= 11 is 0. The van der Waals surface area contributed by atoms with E-state index < -0.39 is 24.2 Å². The zero-order chi connectivity index (χ0) is 13.9. The van der Waals surface area contributed by atoms with Crippen molar-refractivity contribution in [2.75, 3.05) is 13.1 Å². The monoisotopic (exact) mass is 262 g/mol. The highest BCUT2D eigenvalue weighted by molar-refractivity contribution is 5.94. The quantitative estimate of drug-likeness (QED) is 0.826. The fourth-order valence-electron chi connectivity index (χ4n) is 1.41. The van der Waals surface area contributed by atoms with Gasteiger partial charge in [0.15, 0.2) is 0 Å². The van der Waals surface area contributed by atoms with E-state index in [-0.39, 0.29) is 12.1 Å². The molecule has 18 heavy (non-hydrogen) atoms. The highest BCUT2D eigenvalue weighted by atomic mass is 19.4. The molecule has 0 fully saturated rings. The van der Waals surface area contributed by atoms with E-state index in [1.165, 1.54) is 30.8 Å². The molecule has 0 saturated carbocycles. The number of rotatable bonds is 3. The van der Waals surface area contributed by atoms with E-state index in [9.17, 15) is 22.8 Å². The molecular formula is C11H13F3N2O2. The third kappa shape index (κ3) is 3.61. The molecule has 1 aromatic heterocycles. The van der Waals surface area contributed by atoms with Gasteiger partial charge < -0.3 is 9.47 Å². The van der Waals surface area contributed by atoms with Crippen molar-refractivity contribution in [1.82, 2.24) is 9.47 Å². The van der Waals surface area contributed by atoms with Gasteiger partial charge >= 0.3 is 6.18 Å². The summed E-state index contributed by atoms with van der Waals surface area (Å²) < 4.78 is 38.0. The molecule has 0 aromatic carbocycles. The molecule has 1 amide bonds. The van der Waals surface area contributed by atoms with Crippen LogP contribution in [0.3, 0.4) is 0 Å². The molecule has 1 rings (SSSR count). The third-order valence-corrected chi connectivity index (χ3v) is 2.39. The van der Waals surface area contributed by atoms with Crippen molar-refractivity contribution >= 4 is 5.91 Å². The summed E-state index contributed by atoms with van der Waals surface area (Å²) in [6.07, 6.45) is -3.11.